The van der Waals surface area contributed by atoms with Gasteiger partial charge in [0.1, 0.15) is 0 Å². The third-order valence-electron chi connectivity index (χ3n) is 7.01. The molecule has 1 aliphatic rings. The van der Waals surface area contributed by atoms with Gasteiger partial charge in [-0.15, -0.1) is 11.3 Å². The highest BCUT2D eigenvalue weighted by atomic mass is 32.1. The summed E-state index contributed by atoms with van der Waals surface area (Å²) in [6.45, 7) is 1.42. The van der Waals surface area contributed by atoms with E-state index >= 15 is 0 Å². The van der Waals surface area contributed by atoms with Crippen LogP contribution in [0.5, 0.6) is 0 Å². The fraction of sp³-hybridized carbons (Fsp3) is 0.286. The Balaban J connectivity index is 1.30. The Morgan fingerprint density at radius 1 is 1.06 bits per heavy atom. The molecule has 1 atom stereocenters. The average molecular weight is 472 g/mol. The Hall–Kier alpha value is -3.38. The van der Waals surface area contributed by atoms with Gasteiger partial charge in [0.25, 0.3) is 11.8 Å². The van der Waals surface area contributed by atoms with E-state index in [2.05, 4.69) is 29.2 Å². The number of likely N-dealkylation sites (N-methyl/N-ethyl adjacent to an activating group) is 1. The van der Waals surface area contributed by atoms with Crippen LogP contribution in [-0.4, -0.2) is 52.8 Å². The quantitative estimate of drug-likeness (QED) is 0.406. The van der Waals surface area contributed by atoms with Crippen molar-refractivity contribution in [3.63, 3.8) is 0 Å². The molecule has 3 heterocycles. The number of hydrogen-bond donors (Lipinski definition) is 1. The van der Waals surface area contributed by atoms with Gasteiger partial charge in [-0.25, -0.2) is 0 Å². The molecule has 1 fully saturated rings. The first kappa shape index (κ1) is 22.4. The highest BCUT2D eigenvalue weighted by molar-refractivity contribution is 7.12. The summed E-state index contributed by atoms with van der Waals surface area (Å²) in [5.41, 5.74) is 3.01. The van der Waals surface area contributed by atoms with Crippen LogP contribution >= 0.6 is 11.3 Å². The monoisotopic (exact) mass is 471 g/mol. The number of thiophene rings is 1. The molecule has 6 heteroatoms. The summed E-state index contributed by atoms with van der Waals surface area (Å²) in [7, 11) is 1.93. The SMILES string of the molecule is CN(C(=O)c1cccs1)[C@H](Cc1ccccc1)C1CCN(C(=O)c2ccc3[nH]ccc3c2)CC1. The first-order valence-electron chi connectivity index (χ1n) is 11.8. The van der Waals surface area contributed by atoms with Crippen molar-refractivity contribution in [1.82, 2.24) is 14.8 Å². The van der Waals surface area contributed by atoms with Crippen LogP contribution in [0.1, 0.15) is 38.4 Å². The molecular formula is C28H29N3O2S. The predicted octanol–water partition coefficient (Wildman–Crippen LogP) is 5.47. The number of piperidine rings is 1. The Kier molecular flexibility index (Phi) is 6.50. The number of nitrogens with one attached hydrogen (secondary N) is 1. The van der Waals surface area contributed by atoms with Crippen molar-refractivity contribution in [3.05, 3.63) is 94.3 Å². The molecule has 0 radical (unpaired) electrons. The third-order valence-corrected chi connectivity index (χ3v) is 7.87. The minimum absolute atomic E-state index is 0.0780. The number of amides is 2. The fourth-order valence-electron chi connectivity index (χ4n) is 5.06. The normalized spacial score (nSPS) is 15.4. The predicted molar refractivity (Wildman–Crippen MR) is 137 cm³/mol. The van der Waals surface area contributed by atoms with Crippen LogP contribution in [0.3, 0.4) is 0 Å². The van der Waals surface area contributed by atoms with Crippen LogP contribution in [0.25, 0.3) is 10.9 Å². The van der Waals surface area contributed by atoms with E-state index in [1.807, 2.05) is 70.9 Å². The second-order valence-corrected chi connectivity index (χ2v) is 10.0. The second-order valence-electron chi connectivity index (χ2n) is 9.06. The van der Waals surface area contributed by atoms with Gasteiger partial charge in [0.05, 0.1) is 4.88 Å². The van der Waals surface area contributed by atoms with Crippen LogP contribution in [0.15, 0.2) is 78.3 Å². The van der Waals surface area contributed by atoms with E-state index in [0.29, 0.717) is 19.0 Å². The lowest BCUT2D eigenvalue weighted by atomic mass is 9.84. The standard InChI is InChI=1S/C28H29N3O2S/c1-30(28(33)26-8-5-17-34-26)25(18-20-6-3-2-4-7-20)21-12-15-31(16-13-21)27(32)23-9-10-24-22(19-23)11-14-29-24/h2-11,14,17,19,21,25,29H,12-13,15-16,18H2,1H3/t25-/m1/s1. The van der Waals surface area contributed by atoms with E-state index in [1.54, 1.807) is 0 Å². The van der Waals surface area contributed by atoms with Gasteiger partial charge in [0.15, 0.2) is 0 Å². The summed E-state index contributed by atoms with van der Waals surface area (Å²) in [6, 6.07) is 22.1. The van der Waals surface area contributed by atoms with Gasteiger partial charge in [-0.05, 0) is 66.5 Å². The zero-order valence-corrected chi connectivity index (χ0v) is 20.1. The Bertz CT molecular complexity index is 1260. The molecule has 34 heavy (non-hydrogen) atoms. The van der Waals surface area contributed by atoms with E-state index in [0.717, 1.165) is 40.6 Å². The lowest BCUT2D eigenvalue weighted by Crippen LogP contribution is -2.48. The van der Waals surface area contributed by atoms with Gasteiger partial charge in [-0.1, -0.05) is 36.4 Å². The molecule has 0 bridgehead atoms. The number of aromatic nitrogens is 1. The number of nitrogens with zero attached hydrogens (tertiary/aromatic N) is 2. The average Bonchev–Trinajstić information content (AvgIpc) is 3.59. The van der Waals surface area contributed by atoms with Crippen molar-refractivity contribution in [2.45, 2.75) is 25.3 Å². The van der Waals surface area contributed by atoms with E-state index in [4.69, 9.17) is 0 Å². The van der Waals surface area contributed by atoms with Crippen molar-refractivity contribution in [1.29, 1.82) is 0 Å². The van der Waals surface area contributed by atoms with Gasteiger partial charge >= 0.3 is 0 Å². The number of carbonyl (C=O) groups is 2. The lowest BCUT2D eigenvalue weighted by Gasteiger charge is -2.40. The molecule has 1 aliphatic heterocycles. The number of benzene rings is 2. The summed E-state index contributed by atoms with van der Waals surface area (Å²) in [6.07, 6.45) is 4.48. The first-order chi connectivity index (χ1) is 16.6. The minimum Gasteiger partial charge on any atom is -0.361 e. The molecule has 174 valence electrons. The van der Waals surface area contributed by atoms with Crippen LogP contribution in [-0.2, 0) is 6.42 Å². The molecular weight excluding hydrogens is 442 g/mol. The second kappa shape index (κ2) is 9.85. The van der Waals surface area contributed by atoms with E-state index in [9.17, 15) is 9.59 Å². The molecule has 1 N–H and O–H groups in total. The highest BCUT2D eigenvalue weighted by Gasteiger charge is 2.33. The van der Waals surface area contributed by atoms with Crippen LogP contribution in [0, 0.1) is 5.92 Å². The molecule has 1 saturated heterocycles. The maximum absolute atomic E-state index is 13.2. The van der Waals surface area contributed by atoms with Gasteiger partial charge in [0, 0.05) is 48.8 Å². The van der Waals surface area contributed by atoms with Crippen LogP contribution in [0.4, 0.5) is 0 Å². The number of fused-ring (bicyclic) bond motifs is 1. The highest BCUT2D eigenvalue weighted by Crippen LogP contribution is 2.29. The zero-order chi connectivity index (χ0) is 23.5. The van der Waals surface area contributed by atoms with E-state index in [-0.39, 0.29) is 17.9 Å². The third kappa shape index (κ3) is 4.64. The number of H-pyrrole nitrogens is 1. The van der Waals surface area contributed by atoms with Gasteiger partial charge in [-0.3, -0.25) is 9.59 Å². The molecule has 0 aliphatic carbocycles. The number of rotatable bonds is 6. The van der Waals surface area contributed by atoms with Gasteiger partial charge < -0.3 is 14.8 Å². The molecule has 4 aromatic rings. The smallest absolute Gasteiger partial charge is 0.263 e. The number of carbonyl (C=O) groups excluding carboxylic acids is 2. The zero-order valence-electron chi connectivity index (χ0n) is 19.3. The molecule has 5 nitrogen and oxygen atoms in total. The topological polar surface area (TPSA) is 56.4 Å². The fourth-order valence-corrected chi connectivity index (χ4v) is 5.76. The largest absolute Gasteiger partial charge is 0.361 e. The first-order valence-corrected chi connectivity index (χ1v) is 12.7. The number of hydrogen-bond acceptors (Lipinski definition) is 3. The van der Waals surface area contributed by atoms with Crippen molar-refractivity contribution in [3.8, 4) is 0 Å². The van der Waals surface area contributed by atoms with Gasteiger partial charge in [-0.2, -0.15) is 0 Å². The van der Waals surface area contributed by atoms with Crippen molar-refractivity contribution in [2.75, 3.05) is 20.1 Å². The molecule has 2 aromatic heterocycles. The van der Waals surface area contributed by atoms with E-state index in [1.165, 1.54) is 16.9 Å². The summed E-state index contributed by atoms with van der Waals surface area (Å²) in [5.74, 6) is 0.503. The maximum Gasteiger partial charge on any atom is 0.263 e. The molecule has 2 amide bonds. The summed E-state index contributed by atoms with van der Waals surface area (Å²) < 4.78 is 0. The lowest BCUT2D eigenvalue weighted by molar-refractivity contribution is 0.0525. The summed E-state index contributed by atoms with van der Waals surface area (Å²) >= 11 is 1.49. The molecule has 2 aromatic carbocycles. The molecule has 0 spiro atoms. The maximum atomic E-state index is 13.2. The molecule has 0 unspecified atom stereocenters. The van der Waals surface area contributed by atoms with Crippen molar-refractivity contribution < 1.29 is 9.59 Å². The van der Waals surface area contributed by atoms with Crippen molar-refractivity contribution in [2.24, 2.45) is 5.92 Å². The Morgan fingerprint density at radius 3 is 2.59 bits per heavy atom. The van der Waals surface area contributed by atoms with Crippen molar-refractivity contribution >= 4 is 34.1 Å². The molecule has 0 saturated carbocycles. The Labute approximate surface area is 204 Å². The van der Waals surface area contributed by atoms with E-state index < -0.39 is 0 Å². The number of likely N-dealkylation sites (tertiary alicyclic amines) is 1. The summed E-state index contributed by atoms with van der Waals surface area (Å²) in [4.78, 5) is 34.2. The Morgan fingerprint density at radius 2 is 1.85 bits per heavy atom. The minimum atomic E-state index is 0.0780. The summed E-state index contributed by atoms with van der Waals surface area (Å²) in [5, 5.41) is 3.00. The van der Waals surface area contributed by atoms with Gasteiger partial charge in [0.2, 0.25) is 0 Å². The molecule has 5 rings (SSSR count). The number of aromatic amines is 1. The van der Waals surface area contributed by atoms with Crippen LogP contribution in [0.2, 0.25) is 0 Å². The van der Waals surface area contributed by atoms with Crippen LogP contribution < -0.4 is 0 Å².